The highest BCUT2D eigenvalue weighted by Crippen LogP contribution is 2.31. The van der Waals surface area contributed by atoms with Crippen LogP contribution in [0.4, 0.5) is 0 Å². The lowest BCUT2D eigenvalue weighted by atomic mass is 10.00. The van der Waals surface area contributed by atoms with Crippen LogP contribution in [0, 0.1) is 6.92 Å². The maximum Gasteiger partial charge on any atom is 0.255 e. The SMILES string of the molecule is CCc1c(-c2ccc3c(ccn3C)c2)[nH]c(=O)c(C)c1O. The average molecular weight is 282 g/mol. The van der Waals surface area contributed by atoms with E-state index in [1.165, 1.54) is 0 Å². The third-order valence-electron chi connectivity index (χ3n) is 4.05. The fourth-order valence-electron chi connectivity index (χ4n) is 2.76. The van der Waals surface area contributed by atoms with E-state index >= 15 is 0 Å². The molecule has 0 aliphatic rings. The highest BCUT2D eigenvalue weighted by atomic mass is 16.3. The Bertz CT molecular complexity index is 888. The molecule has 2 heterocycles. The van der Waals surface area contributed by atoms with Crippen molar-refractivity contribution in [1.29, 1.82) is 0 Å². The largest absolute Gasteiger partial charge is 0.507 e. The van der Waals surface area contributed by atoms with Crippen LogP contribution in [0.15, 0.2) is 35.3 Å². The van der Waals surface area contributed by atoms with Crippen molar-refractivity contribution in [2.75, 3.05) is 0 Å². The number of hydrogen-bond donors (Lipinski definition) is 2. The number of pyridine rings is 1. The zero-order valence-corrected chi connectivity index (χ0v) is 12.4. The molecule has 21 heavy (non-hydrogen) atoms. The van der Waals surface area contributed by atoms with Crippen molar-refractivity contribution in [3.63, 3.8) is 0 Å². The lowest BCUT2D eigenvalue weighted by Crippen LogP contribution is -2.13. The van der Waals surface area contributed by atoms with Crippen molar-refractivity contribution >= 4 is 10.9 Å². The van der Waals surface area contributed by atoms with Crippen LogP contribution < -0.4 is 5.56 Å². The Labute approximate surface area is 122 Å². The zero-order valence-electron chi connectivity index (χ0n) is 12.4. The Morgan fingerprint density at radius 3 is 2.76 bits per heavy atom. The van der Waals surface area contributed by atoms with E-state index in [9.17, 15) is 9.90 Å². The molecule has 0 aliphatic heterocycles. The van der Waals surface area contributed by atoms with Gasteiger partial charge in [-0.3, -0.25) is 4.79 Å². The number of nitrogens with zero attached hydrogens (tertiary/aromatic N) is 1. The van der Waals surface area contributed by atoms with Crippen LogP contribution in [0.1, 0.15) is 18.1 Å². The number of benzene rings is 1. The van der Waals surface area contributed by atoms with Crippen molar-refractivity contribution in [3.05, 3.63) is 51.9 Å². The van der Waals surface area contributed by atoms with Gasteiger partial charge in [-0.25, -0.2) is 0 Å². The number of aromatic amines is 1. The van der Waals surface area contributed by atoms with Gasteiger partial charge in [-0.05, 0) is 37.1 Å². The van der Waals surface area contributed by atoms with E-state index in [1.807, 2.05) is 44.4 Å². The number of fused-ring (bicyclic) bond motifs is 1. The number of H-pyrrole nitrogens is 1. The lowest BCUT2D eigenvalue weighted by molar-refractivity contribution is 0.463. The predicted molar refractivity (Wildman–Crippen MR) is 84.8 cm³/mol. The van der Waals surface area contributed by atoms with Gasteiger partial charge in [-0.1, -0.05) is 13.0 Å². The normalized spacial score (nSPS) is 11.2. The van der Waals surface area contributed by atoms with E-state index in [0.717, 1.165) is 22.0 Å². The Morgan fingerprint density at radius 1 is 1.29 bits per heavy atom. The maximum absolute atomic E-state index is 12.0. The van der Waals surface area contributed by atoms with Gasteiger partial charge in [0, 0.05) is 29.7 Å². The first kappa shape index (κ1) is 13.5. The lowest BCUT2D eigenvalue weighted by Gasteiger charge is -2.12. The van der Waals surface area contributed by atoms with E-state index in [1.54, 1.807) is 6.92 Å². The first-order valence-electron chi connectivity index (χ1n) is 7.03. The van der Waals surface area contributed by atoms with Crippen LogP contribution >= 0.6 is 0 Å². The molecule has 2 aromatic heterocycles. The molecule has 3 aromatic rings. The zero-order chi connectivity index (χ0) is 15.1. The number of aromatic hydroxyl groups is 1. The summed E-state index contributed by atoms with van der Waals surface area (Å²) >= 11 is 0. The van der Waals surface area contributed by atoms with Gasteiger partial charge in [-0.2, -0.15) is 0 Å². The molecule has 0 radical (unpaired) electrons. The summed E-state index contributed by atoms with van der Waals surface area (Å²) in [6, 6.07) is 8.08. The molecular weight excluding hydrogens is 264 g/mol. The molecule has 0 unspecified atom stereocenters. The van der Waals surface area contributed by atoms with Crippen LogP contribution in [-0.2, 0) is 13.5 Å². The van der Waals surface area contributed by atoms with Gasteiger partial charge in [0.1, 0.15) is 5.75 Å². The monoisotopic (exact) mass is 282 g/mol. The molecule has 3 rings (SSSR count). The number of rotatable bonds is 2. The Morgan fingerprint density at radius 2 is 2.05 bits per heavy atom. The molecule has 0 amide bonds. The summed E-state index contributed by atoms with van der Waals surface area (Å²) in [4.78, 5) is 14.9. The smallest absolute Gasteiger partial charge is 0.255 e. The van der Waals surface area contributed by atoms with Crippen LogP contribution in [0.3, 0.4) is 0 Å². The summed E-state index contributed by atoms with van der Waals surface area (Å²) in [7, 11) is 2.00. The summed E-state index contributed by atoms with van der Waals surface area (Å²) in [6.07, 6.45) is 2.66. The minimum atomic E-state index is -0.243. The van der Waals surface area contributed by atoms with Gasteiger partial charge >= 0.3 is 0 Å². The molecular formula is C17H18N2O2. The van der Waals surface area contributed by atoms with Crippen molar-refractivity contribution in [1.82, 2.24) is 9.55 Å². The van der Waals surface area contributed by atoms with Crippen LogP contribution in [0.5, 0.6) is 5.75 Å². The average Bonchev–Trinajstić information content (AvgIpc) is 2.85. The quantitative estimate of drug-likeness (QED) is 0.758. The van der Waals surface area contributed by atoms with Gasteiger partial charge in [0.15, 0.2) is 0 Å². The summed E-state index contributed by atoms with van der Waals surface area (Å²) in [6.45, 7) is 3.61. The minimum Gasteiger partial charge on any atom is -0.507 e. The van der Waals surface area contributed by atoms with Crippen molar-refractivity contribution in [3.8, 4) is 17.0 Å². The van der Waals surface area contributed by atoms with Crippen molar-refractivity contribution in [2.45, 2.75) is 20.3 Å². The van der Waals surface area contributed by atoms with E-state index in [2.05, 4.69) is 9.55 Å². The second-order valence-electron chi connectivity index (χ2n) is 5.34. The third kappa shape index (κ3) is 2.03. The Balaban J connectivity index is 2.29. The fraction of sp³-hybridized carbons (Fsp3) is 0.235. The van der Waals surface area contributed by atoms with E-state index in [-0.39, 0.29) is 11.3 Å². The van der Waals surface area contributed by atoms with E-state index in [0.29, 0.717) is 17.7 Å². The minimum absolute atomic E-state index is 0.101. The second kappa shape index (κ2) is 4.81. The first-order chi connectivity index (χ1) is 10.0. The highest BCUT2D eigenvalue weighted by molar-refractivity contribution is 5.85. The summed E-state index contributed by atoms with van der Waals surface area (Å²) in [5.41, 5.74) is 3.66. The number of nitrogens with one attached hydrogen (secondary N) is 1. The number of hydrogen-bond acceptors (Lipinski definition) is 2. The topological polar surface area (TPSA) is 58.0 Å². The molecule has 0 bridgehead atoms. The van der Waals surface area contributed by atoms with Gasteiger partial charge in [-0.15, -0.1) is 0 Å². The molecule has 108 valence electrons. The van der Waals surface area contributed by atoms with Gasteiger partial charge < -0.3 is 14.7 Å². The molecule has 0 saturated carbocycles. The molecule has 4 heteroatoms. The third-order valence-corrected chi connectivity index (χ3v) is 4.05. The molecule has 1 aromatic carbocycles. The molecule has 2 N–H and O–H groups in total. The van der Waals surface area contributed by atoms with Crippen LogP contribution in [0.2, 0.25) is 0 Å². The highest BCUT2D eigenvalue weighted by Gasteiger charge is 2.14. The second-order valence-corrected chi connectivity index (χ2v) is 5.34. The maximum atomic E-state index is 12.0. The van der Waals surface area contributed by atoms with Crippen LogP contribution in [0.25, 0.3) is 22.2 Å². The van der Waals surface area contributed by atoms with Crippen molar-refractivity contribution in [2.24, 2.45) is 7.05 Å². The Kier molecular flexibility index (Phi) is 3.09. The van der Waals surface area contributed by atoms with Gasteiger partial charge in [0.2, 0.25) is 0 Å². The number of aryl methyl sites for hydroxylation is 1. The van der Waals surface area contributed by atoms with Crippen LogP contribution in [-0.4, -0.2) is 14.7 Å². The Hall–Kier alpha value is -2.49. The molecule has 4 nitrogen and oxygen atoms in total. The molecule has 0 saturated heterocycles. The summed E-state index contributed by atoms with van der Waals surface area (Å²) < 4.78 is 2.05. The predicted octanol–water partition coefficient (Wildman–Crippen LogP) is 3.11. The van der Waals surface area contributed by atoms with E-state index < -0.39 is 0 Å². The molecule has 0 fully saturated rings. The summed E-state index contributed by atoms with van der Waals surface area (Å²) in [5.74, 6) is 0.101. The first-order valence-corrected chi connectivity index (χ1v) is 7.03. The van der Waals surface area contributed by atoms with Crippen molar-refractivity contribution < 1.29 is 5.11 Å². The fourth-order valence-corrected chi connectivity index (χ4v) is 2.76. The van der Waals surface area contributed by atoms with Gasteiger partial charge in [0.25, 0.3) is 5.56 Å². The standard InChI is InChI=1S/C17H18N2O2/c1-4-13-15(18-17(21)10(2)16(13)20)12-5-6-14-11(9-12)7-8-19(14)3/h5-9H,4H2,1-3H3,(H2,18,20,21). The van der Waals surface area contributed by atoms with E-state index in [4.69, 9.17) is 0 Å². The molecule has 0 atom stereocenters. The number of aromatic nitrogens is 2. The molecule has 0 spiro atoms. The summed E-state index contributed by atoms with van der Waals surface area (Å²) in [5, 5.41) is 11.3. The van der Waals surface area contributed by atoms with Gasteiger partial charge in [0.05, 0.1) is 11.3 Å². The molecule has 0 aliphatic carbocycles.